The zero-order chi connectivity index (χ0) is 13.1. The van der Waals surface area contributed by atoms with Crippen molar-refractivity contribution in [3.8, 4) is 0 Å². The largest absolute Gasteiger partial charge is 0.346 e. The van der Waals surface area contributed by atoms with E-state index in [1.807, 2.05) is 0 Å². The van der Waals surface area contributed by atoms with Crippen LogP contribution in [-0.4, -0.2) is 24.8 Å². The summed E-state index contributed by atoms with van der Waals surface area (Å²) >= 11 is 3.95. The summed E-state index contributed by atoms with van der Waals surface area (Å²) in [5, 5.41) is 1.74. The van der Waals surface area contributed by atoms with Gasteiger partial charge in [-0.05, 0) is 12.1 Å². The van der Waals surface area contributed by atoms with Crippen LogP contribution in [0.25, 0.3) is 0 Å². The Hall–Kier alpha value is -1.24. The summed E-state index contributed by atoms with van der Waals surface area (Å²) in [6.07, 6.45) is -3.81. The zero-order valence-electron chi connectivity index (χ0n) is 8.46. The van der Waals surface area contributed by atoms with Crippen molar-refractivity contribution in [2.45, 2.75) is 17.2 Å². The predicted octanol–water partition coefficient (Wildman–Crippen LogP) is 2.61. The van der Waals surface area contributed by atoms with Crippen molar-refractivity contribution < 1.29 is 22.4 Å². The Bertz CT molecular complexity index is 411. The normalized spacial score (nSPS) is 11.6. The Morgan fingerprint density at radius 1 is 1.35 bits per heavy atom. The van der Waals surface area contributed by atoms with E-state index in [0.29, 0.717) is 0 Å². The molecule has 0 atom stereocenters. The van der Waals surface area contributed by atoms with E-state index in [2.05, 4.69) is 12.6 Å². The Balaban J connectivity index is 2.66. The Kier molecular flexibility index (Phi) is 4.39. The van der Waals surface area contributed by atoms with Crippen LogP contribution in [0.5, 0.6) is 0 Å². The Morgan fingerprint density at radius 2 is 1.94 bits per heavy atom. The molecule has 1 rings (SSSR count). The van der Waals surface area contributed by atoms with E-state index in [1.54, 1.807) is 11.4 Å². The molecule has 0 aromatic heterocycles. The minimum Gasteiger partial charge on any atom is -0.346 e. The first-order valence-electron chi connectivity index (χ1n) is 4.57. The quantitative estimate of drug-likeness (QED) is 0.637. The molecule has 0 heterocycles. The number of halogens is 4. The highest BCUT2D eigenvalue weighted by Gasteiger charge is 2.40. The first kappa shape index (κ1) is 13.8. The van der Waals surface area contributed by atoms with Gasteiger partial charge in [0, 0.05) is 4.90 Å². The summed E-state index contributed by atoms with van der Waals surface area (Å²) in [5.74, 6) is -5.10. The highest BCUT2D eigenvalue weighted by atomic mass is 32.1. The third kappa shape index (κ3) is 3.62. The Labute approximate surface area is 100 Å². The maximum atomic E-state index is 12.5. The van der Waals surface area contributed by atoms with E-state index in [1.165, 1.54) is 18.2 Å². The first-order chi connectivity index (χ1) is 7.84. The monoisotopic (exact) mass is 267 g/mol. The van der Waals surface area contributed by atoms with Gasteiger partial charge in [-0.15, -0.1) is 12.6 Å². The molecule has 0 saturated carbocycles. The zero-order valence-corrected chi connectivity index (χ0v) is 9.36. The minimum atomic E-state index is -4.23. The van der Waals surface area contributed by atoms with Crippen LogP contribution in [-0.2, 0) is 0 Å². The minimum absolute atomic E-state index is 0.0564. The van der Waals surface area contributed by atoms with Crippen LogP contribution >= 0.6 is 12.6 Å². The maximum Gasteiger partial charge on any atom is 0.324 e. The number of alkyl halides is 4. The van der Waals surface area contributed by atoms with Crippen LogP contribution in [0.4, 0.5) is 17.6 Å². The fraction of sp³-hybridized carbons (Fsp3) is 0.300. The maximum absolute atomic E-state index is 12.5. The lowest BCUT2D eigenvalue weighted by molar-refractivity contribution is -0.123. The molecule has 0 radical (unpaired) electrons. The van der Waals surface area contributed by atoms with Crippen LogP contribution < -0.4 is 5.32 Å². The van der Waals surface area contributed by atoms with Crippen LogP contribution in [0.2, 0.25) is 0 Å². The van der Waals surface area contributed by atoms with Crippen molar-refractivity contribution in [2.24, 2.45) is 0 Å². The first-order valence-corrected chi connectivity index (χ1v) is 5.01. The molecule has 1 amide bonds. The summed E-state index contributed by atoms with van der Waals surface area (Å²) in [5.41, 5.74) is 0.0564. The summed E-state index contributed by atoms with van der Waals surface area (Å²) in [6, 6.07) is 5.97. The molecule has 7 heteroatoms. The molecule has 0 spiro atoms. The van der Waals surface area contributed by atoms with Crippen molar-refractivity contribution in [3.63, 3.8) is 0 Å². The molecular weight excluding hydrogens is 258 g/mol. The van der Waals surface area contributed by atoms with Gasteiger partial charge in [0.1, 0.15) is 0 Å². The van der Waals surface area contributed by atoms with Crippen LogP contribution in [0, 0.1) is 0 Å². The number of carbonyl (C=O) groups is 1. The summed E-state index contributed by atoms with van der Waals surface area (Å²) in [6.45, 7) is -1.41. The topological polar surface area (TPSA) is 29.1 Å². The van der Waals surface area contributed by atoms with Crippen molar-refractivity contribution in [2.75, 3.05) is 6.54 Å². The molecule has 1 N–H and O–H groups in total. The standard InChI is InChI=1S/C10H9F4NOS/c11-9(12)10(13,14)5-15-8(16)6-3-1-2-4-7(6)17/h1-4,9,17H,5H2,(H,15,16). The van der Waals surface area contributed by atoms with E-state index in [9.17, 15) is 22.4 Å². The molecule has 1 aromatic carbocycles. The average molecular weight is 267 g/mol. The second-order valence-electron chi connectivity index (χ2n) is 3.26. The SMILES string of the molecule is O=C(NCC(F)(F)C(F)F)c1ccccc1S. The van der Waals surface area contributed by atoms with Gasteiger partial charge < -0.3 is 5.32 Å². The van der Waals surface area contributed by atoms with E-state index in [-0.39, 0.29) is 10.5 Å². The van der Waals surface area contributed by atoms with Crippen LogP contribution in [0.1, 0.15) is 10.4 Å². The molecule has 0 unspecified atom stereocenters. The van der Waals surface area contributed by atoms with Gasteiger partial charge in [0.25, 0.3) is 5.91 Å². The lowest BCUT2D eigenvalue weighted by Gasteiger charge is -2.16. The van der Waals surface area contributed by atoms with Crippen LogP contribution in [0.15, 0.2) is 29.2 Å². The molecule has 0 fully saturated rings. The highest BCUT2D eigenvalue weighted by Crippen LogP contribution is 2.22. The molecule has 94 valence electrons. The molecule has 0 aliphatic heterocycles. The molecule has 0 saturated heterocycles. The van der Waals surface area contributed by atoms with Crippen molar-refractivity contribution in [1.82, 2.24) is 5.32 Å². The number of thiol groups is 1. The third-order valence-electron chi connectivity index (χ3n) is 1.95. The lowest BCUT2D eigenvalue weighted by atomic mass is 10.2. The Morgan fingerprint density at radius 3 is 2.47 bits per heavy atom. The summed E-state index contributed by atoms with van der Waals surface area (Å²) < 4.78 is 48.7. The second kappa shape index (κ2) is 5.39. The van der Waals surface area contributed by atoms with Gasteiger partial charge in [0.15, 0.2) is 0 Å². The predicted molar refractivity (Wildman–Crippen MR) is 57.0 cm³/mol. The van der Waals surface area contributed by atoms with Gasteiger partial charge in [-0.1, -0.05) is 12.1 Å². The van der Waals surface area contributed by atoms with Crippen molar-refractivity contribution >= 4 is 18.5 Å². The molecule has 1 aromatic rings. The molecule has 0 aliphatic rings. The van der Waals surface area contributed by atoms with E-state index in [4.69, 9.17) is 0 Å². The van der Waals surface area contributed by atoms with E-state index < -0.39 is 24.8 Å². The van der Waals surface area contributed by atoms with Gasteiger partial charge >= 0.3 is 12.3 Å². The number of amides is 1. The molecule has 2 nitrogen and oxygen atoms in total. The number of rotatable bonds is 4. The smallest absolute Gasteiger partial charge is 0.324 e. The van der Waals surface area contributed by atoms with E-state index >= 15 is 0 Å². The summed E-state index contributed by atoms with van der Waals surface area (Å²) in [4.78, 5) is 11.7. The molecule has 0 aliphatic carbocycles. The second-order valence-corrected chi connectivity index (χ2v) is 3.74. The fourth-order valence-electron chi connectivity index (χ4n) is 1.04. The average Bonchev–Trinajstić information content (AvgIpc) is 2.26. The highest BCUT2D eigenvalue weighted by molar-refractivity contribution is 7.80. The number of hydrogen-bond donors (Lipinski definition) is 2. The van der Waals surface area contributed by atoms with Gasteiger partial charge in [-0.25, -0.2) is 8.78 Å². The molecule has 17 heavy (non-hydrogen) atoms. The number of nitrogens with one attached hydrogen (secondary N) is 1. The van der Waals surface area contributed by atoms with Crippen molar-refractivity contribution in [3.05, 3.63) is 29.8 Å². The molecule has 0 bridgehead atoms. The van der Waals surface area contributed by atoms with Crippen LogP contribution in [0.3, 0.4) is 0 Å². The number of benzene rings is 1. The van der Waals surface area contributed by atoms with Gasteiger partial charge in [0.05, 0.1) is 12.1 Å². The van der Waals surface area contributed by atoms with Gasteiger partial charge in [-0.3, -0.25) is 4.79 Å². The fourth-order valence-corrected chi connectivity index (χ4v) is 1.30. The van der Waals surface area contributed by atoms with Crippen molar-refractivity contribution in [1.29, 1.82) is 0 Å². The molecular formula is C10H9F4NOS. The number of hydrogen-bond acceptors (Lipinski definition) is 2. The van der Waals surface area contributed by atoms with E-state index in [0.717, 1.165) is 0 Å². The van der Waals surface area contributed by atoms with Gasteiger partial charge in [0.2, 0.25) is 0 Å². The third-order valence-corrected chi connectivity index (χ3v) is 2.34. The number of carbonyl (C=O) groups excluding carboxylic acids is 1. The lowest BCUT2D eigenvalue weighted by Crippen LogP contribution is -2.41. The summed E-state index contributed by atoms with van der Waals surface area (Å²) in [7, 11) is 0. The van der Waals surface area contributed by atoms with Gasteiger partial charge in [-0.2, -0.15) is 8.78 Å².